The first-order chi connectivity index (χ1) is 19.9. The van der Waals surface area contributed by atoms with Gasteiger partial charge in [0.15, 0.2) is 0 Å². The molecule has 1 aliphatic heterocycles. The van der Waals surface area contributed by atoms with E-state index in [4.69, 9.17) is 4.74 Å². The van der Waals surface area contributed by atoms with Crippen molar-refractivity contribution in [3.8, 4) is 11.1 Å². The largest absolute Gasteiger partial charge is 0.481 e. The third kappa shape index (κ3) is 6.95. The van der Waals surface area contributed by atoms with Crippen molar-refractivity contribution in [2.24, 2.45) is 5.92 Å². The van der Waals surface area contributed by atoms with Crippen LogP contribution in [-0.4, -0.2) is 72.2 Å². The number of hydrogen-bond acceptors (Lipinski definition) is 5. The molecule has 0 radical (unpaired) electrons. The molecule has 8 heteroatoms. The van der Waals surface area contributed by atoms with Crippen molar-refractivity contribution in [2.45, 2.75) is 37.8 Å². The number of alkyl carbamates (subject to hydrolysis) is 1. The van der Waals surface area contributed by atoms with Gasteiger partial charge in [0, 0.05) is 32.1 Å². The van der Waals surface area contributed by atoms with E-state index < -0.39 is 24.5 Å². The number of rotatable bonds is 10. The molecule has 2 N–H and O–H groups in total. The van der Waals surface area contributed by atoms with E-state index in [0.717, 1.165) is 48.2 Å². The second-order valence-electron chi connectivity index (χ2n) is 11.1. The number of carboxylic acid groups (broad SMARTS) is 1. The van der Waals surface area contributed by atoms with Crippen LogP contribution in [0.1, 0.15) is 41.9 Å². The first-order valence-corrected chi connectivity index (χ1v) is 14.2. The molecule has 2 amide bonds. The third-order valence-corrected chi connectivity index (χ3v) is 8.10. The van der Waals surface area contributed by atoms with E-state index in [1.54, 1.807) is 4.90 Å². The zero-order chi connectivity index (χ0) is 28.8. The first-order valence-electron chi connectivity index (χ1n) is 14.2. The van der Waals surface area contributed by atoms with Gasteiger partial charge < -0.3 is 25.0 Å². The first kappa shape index (κ1) is 28.4. The molecule has 1 fully saturated rings. The molecule has 3 aromatic rings. The Labute approximate surface area is 240 Å². The normalized spacial score (nSPS) is 15.7. The van der Waals surface area contributed by atoms with Gasteiger partial charge >= 0.3 is 12.1 Å². The van der Waals surface area contributed by atoms with Crippen molar-refractivity contribution in [1.29, 1.82) is 0 Å². The SMILES string of the molecule is CN(Cc1ccccc1)CC1CCN(C(=O)C(CC(=O)O)NC(=O)OCC2c3ccccc3-c3ccccc32)CC1. The van der Waals surface area contributed by atoms with Gasteiger partial charge in [-0.05, 0) is 53.6 Å². The highest BCUT2D eigenvalue weighted by Gasteiger charge is 2.33. The summed E-state index contributed by atoms with van der Waals surface area (Å²) in [6.07, 6.45) is 0.373. The van der Waals surface area contributed by atoms with Gasteiger partial charge in [0.1, 0.15) is 12.6 Å². The molecule has 1 saturated heterocycles. The molecule has 214 valence electrons. The maximum atomic E-state index is 13.3. The quantitative estimate of drug-likeness (QED) is 0.375. The fraction of sp³-hybridized carbons (Fsp3) is 0.364. The van der Waals surface area contributed by atoms with Crippen molar-refractivity contribution < 1.29 is 24.2 Å². The lowest BCUT2D eigenvalue weighted by Crippen LogP contribution is -2.52. The number of amides is 2. The number of fused-ring (bicyclic) bond motifs is 3. The Balaban J connectivity index is 1.14. The number of piperidine rings is 1. The molecular formula is C33H37N3O5. The van der Waals surface area contributed by atoms with Crippen LogP contribution < -0.4 is 5.32 Å². The van der Waals surface area contributed by atoms with E-state index in [0.29, 0.717) is 19.0 Å². The monoisotopic (exact) mass is 555 g/mol. The number of carbonyl (C=O) groups excluding carboxylic acids is 2. The molecule has 1 aliphatic carbocycles. The van der Waals surface area contributed by atoms with Crippen molar-refractivity contribution in [3.05, 3.63) is 95.6 Å². The van der Waals surface area contributed by atoms with E-state index in [9.17, 15) is 19.5 Å². The summed E-state index contributed by atoms with van der Waals surface area (Å²) in [6, 6.07) is 25.2. The highest BCUT2D eigenvalue weighted by Crippen LogP contribution is 2.44. The van der Waals surface area contributed by atoms with Gasteiger partial charge in [0.25, 0.3) is 0 Å². The lowest BCUT2D eigenvalue weighted by molar-refractivity contribution is -0.143. The van der Waals surface area contributed by atoms with E-state index >= 15 is 0 Å². The minimum absolute atomic E-state index is 0.0930. The number of carbonyl (C=O) groups is 3. The second-order valence-corrected chi connectivity index (χ2v) is 11.1. The summed E-state index contributed by atoms with van der Waals surface area (Å²) < 4.78 is 5.58. The lowest BCUT2D eigenvalue weighted by atomic mass is 9.95. The molecule has 41 heavy (non-hydrogen) atoms. The summed E-state index contributed by atoms with van der Waals surface area (Å²) in [5, 5.41) is 12.0. The topological polar surface area (TPSA) is 99.2 Å². The van der Waals surface area contributed by atoms with Gasteiger partial charge in [0.05, 0.1) is 6.42 Å². The lowest BCUT2D eigenvalue weighted by Gasteiger charge is -2.35. The van der Waals surface area contributed by atoms with Crippen molar-refractivity contribution >= 4 is 18.0 Å². The Hall–Kier alpha value is -4.17. The second kappa shape index (κ2) is 13.0. The molecule has 0 bridgehead atoms. The van der Waals surface area contributed by atoms with Crippen LogP contribution in [0.2, 0.25) is 0 Å². The Morgan fingerprint density at radius 2 is 1.51 bits per heavy atom. The summed E-state index contributed by atoms with van der Waals surface area (Å²) in [7, 11) is 2.10. The summed E-state index contributed by atoms with van der Waals surface area (Å²) in [5.74, 6) is -1.21. The molecular weight excluding hydrogens is 518 g/mol. The number of carboxylic acids is 1. The smallest absolute Gasteiger partial charge is 0.407 e. The molecule has 1 heterocycles. The van der Waals surface area contributed by atoms with Crippen molar-refractivity contribution in [2.75, 3.05) is 33.3 Å². The van der Waals surface area contributed by atoms with E-state index in [2.05, 4.69) is 41.5 Å². The third-order valence-electron chi connectivity index (χ3n) is 8.10. The molecule has 8 nitrogen and oxygen atoms in total. The molecule has 2 aliphatic rings. The minimum atomic E-state index is -1.18. The van der Waals surface area contributed by atoms with E-state index in [1.165, 1.54) is 5.56 Å². The number of benzene rings is 3. The molecule has 0 saturated carbocycles. The maximum Gasteiger partial charge on any atom is 0.407 e. The van der Waals surface area contributed by atoms with Crippen LogP contribution in [0.5, 0.6) is 0 Å². The number of nitrogens with one attached hydrogen (secondary N) is 1. The van der Waals surface area contributed by atoms with Crippen LogP contribution in [-0.2, 0) is 20.9 Å². The highest BCUT2D eigenvalue weighted by molar-refractivity contribution is 5.89. The summed E-state index contributed by atoms with van der Waals surface area (Å²) >= 11 is 0. The van der Waals surface area contributed by atoms with Gasteiger partial charge in [-0.15, -0.1) is 0 Å². The van der Waals surface area contributed by atoms with Gasteiger partial charge in [0.2, 0.25) is 5.91 Å². The van der Waals surface area contributed by atoms with Crippen LogP contribution in [0.25, 0.3) is 11.1 Å². The molecule has 0 spiro atoms. The molecule has 0 aromatic heterocycles. The maximum absolute atomic E-state index is 13.3. The minimum Gasteiger partial charge on any atom is -0.481 e. The van der Waals surface area contributed by atoms with Crippen LogP contribution in [0, 0.1) is 5.92 Å². The van der Waals surface area contributed by atoms with Gasteiger partial charge in [-0.1, -0.05) is 78.9 Å². The zero-order valence-corrected chi connectivity index (χ0v) is 23.4. The number of nitrogens with zero attached hydrogens (tertiary/aromatic N) is 2. The van der Waals surface area contributed by atoms with Gasteiger partial charge in [-0.3, -0.25) is 9.59 Å². The predicted octanol–water partition coefficient (Wildman–Crippen LogP) is 4.74. The molecule has 1 unspecified atom stereocenters. The van der Waals surface area contributed by atoms with Crippen LogP contribution in [0.3, 0.4) is 0 Å². The standard InChI is InChI=1S/C33H37N3O5/c1-35(20-23-9-3-2-4-10-23)21-24-15-17-36(18-16-24)32(39)30(19-31(37)38)34-33(40)41-22-29-27-13-7-5-11-25(27)26-12-6-8-14-28(26)29/h2-14,24,29-30H,15-22H2,1H3,(H,34,40)(H,37,38). The fourth-order valence-electron chi connectivity index (χ4n) is 6.11. The fourth-order valence-corrected chi connectivity index (χ4v) is 6.11. The summed E-state index contributed by atoms with van der Waals surface area (Å²) in [4.78, 5) is 41.7. The highest BCUT2D eigenvalue weighted by atomic mass is 16.5. The summed E-state index contributed by atoms with van der Waals surface area (Å²) in [6.45, 7) is 2.95. The molecule has 1 atom stereocenters. The molecule has 3 aromatic carbocycles. The zero-order valence-electron chi connectivity index (χ0n) is 23.4. The number of aliphatic carboxylic acids is 1. The number of ether oxygens (including phenoxy) is 1. The van der Waals surface area contributed by atoms with Gasteiger partial charge in [-0.25, -0.2) is 4.79 Å². The number of hydrogen-bond donors (Lipinski definition) is 2. The van der Waals surface area contributed by atoms with Gasteiger partial charge in [-0.2, -0.15) is 0 Å². The van der Waals surface area contributed by atoms with Crippen LogP contribution >= 0.6 is 0 Å². The van der Waals surface area contributed by atoms with E-state index in [1.807, 2.05) is 54.6 Å². The Morgan fingerprint density at radius 3 is 2.12 bits per heavy atom. The van der Waals surface area contributed by atoms with Crippen LogP contribution in [0.4, 0.5) is 4.79 Å². The molecule has 5 rings (SSSR count). The van der Waals surface area contributed by atoms with E-state index in [-0.39, 0.29) is 18.4 Å². The Morgan fingerprint density at radius 1 is 0.927 bits per heavy atom. The van der Waals surface area contributed by atoms with Crippen molar-refractivity contribution in [3.63, 3.8) is 0 Å². The average molecular weight is 556 g/mol. The van der Waals surface area contributed by atoms with Crippen LogP contribution in [0.15, 0.2) is 78.9 Å². The Kier molecular flexibility index (Phi) is 8.99. The van der Waals surface area contributed by atoms with Crippen molar-refractivity contribution in [1.82, 2.24) is 15.1 Å². The average Bonchev–Trinajstić information content (AvgIpc) is 3.29. The predicted molar refractivity (Wildman–Crippen MR) is 156 cm³/mol. The number of likely N-dealkylation sites (tertiary alicyclic amines) is 1. The Bertz CT molecular complexity index is 1320. The summed E-state index contributed by atoms with van der Waals surface area (Å²) in [5.41, 5.74) is 5.66.